The molecular weight excluding hydrogens is 408 g/mol. The molecule has 2 heterocycles. The molecule has 1 N–H and O–H groups in total. The SMILES string of the molecule is CC1CN(C(=O)c2ccc(CNC(=O)Cn3cnc4ccccc4c3=O)cc2)CC(C)O1. The molecule has 2 atom stereocenters. The average molecular weight is 434 g/mol. The van der Waals surface area contributed by atoms with E-state index in [0.717, 1.165) is 5.56 Å². The van der Waals surface area contributed by atoms with Crippen molar-refractivity contribution in [2.45, 2.75) is 39.1 Å². The summed E-state index contributed by atoms with van der Waals surface area (Å²) >= 11 is 0. The summed E-state index contributed by atoms with van der Waals surface area (Å²) < 4.78 is 6.98. The van der Waals surface area contributed by atoms with Crippen LogP contribution in [0.4, 0.5) is 0 Å². The van der Waals surface area contributed by atoms with Gasteiger partial charge in [0, 0.05) is 25.2 Å². The van der Waals surface area contributed by atoms with Crippen LogP contribution in [0.2, 0.25) is 0 Å². The zero-order valence-electron chi connectivity index (χ0n) is 18.2. The number of carbonyl (C=O) groups is 2. The smallest absolute Gasteiger partial charge is 0.261 e. The van der Waals surface area contributed by atoms with Crippen molar-refractivity contribution < 1.29 is 14.3 Å². The molecule has 4 rings (SSSR count). The van der Waals surface area contributed by atoms with E-state index in [2.05, 4.69) is 10.3 Å². The third-order valence-electron chi connectivity index (χ3n) is 5.44. The van der Waals surface area contributed by atoms with E-state index in [0.29, 0.717) is 36.1 Å². The van der Waals surface area contributed by atoms with E-state index in [1.807, 2.05) is 36.9 Å². The van der Waals surface area contributed by atoms with Crippen molar-refractivity contribution in [3.8, 4) is 0 Å². The fourth-order valence-corrected chi connectivity index (χ4v) is 3.92. The molecule has 0 aliphatic carbocycles. The van der Waals surface area contributed by atoms with Gasteiger partial charge < -0.3 is 15.0 Å². The number of ether oxygens (including phenoxy) is 1. The molecule has 1 fully saturated rings. The number of rotatable bonds is 5. The standard InChI is InChI=1S/C24H26N4O4/c1-16-12-27(13-17(2)32-16)23(30)19-9-7-18(8-10-19)11-25-22(29)14-28-15-26-21-6-4-3-5-20(21)24(28)31/h3-10,15-17H,11-14H2,1-2H3,(H,25,29). The van der Waals surface area contributed by atoms with Crippen LogP contribution in [0.5, 0.6) is 0 Å². The second-order valence-electron chi connectivity index (χ2n) is 8.14. The Morgan fingerprint density at radius 1 is 1.06 bits per heavy atom. The molecular formula is C24H26N4O4. The van der Waals surface area contributed by atoms with Gasteiger partial charge in [-0.2, -0.15) is 0 Å². The van der Waals surface area contributed by atoms with Crippen LogP contribution in [0, 0.1) is 0 Å². The lowest BCUT2D eigenvalue weighted by Crippen LogP contribution is -2.48. The fourth-order valence-electron chi connectivity index (χ4n) is 3.92. The lowest BCUT2D eigenvalue weighted by atomic mass is 10.1. The quantitative estimate of drug-likeness (QED) is 0.663. The first-order valence-electron chi connectivity index (χ1n) is 10.7. The van der Waals surface area contributed by atoms with E-state index < -0.39 is 0 Å². The molecule has 2 unspecified atom stereocenters. The van der Waals surface area contributed by atoms with Gasteiger partial charge >= 0.3 is 0 Å². The number of carbonyl (C=O) groups excluding carboxylic acids is 2. The predicted molar refractivity (Wildman–Crippen MR) is 120 cm³/mol. The van der Waals surface area contributed by atoms with Crippen LogP contribution >= 0.6 is 0 Å². The van der Waals surface area contributed by atoms with Crippen molar-refractivity contribution in [1.29, 1.82) is 0 Å². The molecule has 1 saturated heterocycles. The zero-order valence-corrected chi connectivity index (χ0v) is 18.2. The van der Waals surface area contributed by atoms with Gasteiger partial charge in [0.15, 0.2) is 0 Å². The van der Waals surface area contributed by atoms with Gasteiger partial charge in [-0.05, 0) is 43.7 Å². The van der Waals surface area contributed by atoms with Crippen LogP contribution in [0.1, 0.15) is 29.8 Å². The van der Waals surface area contributed by atoms with Crippen LogP contribution in [0.25, 0.3) is 10.9 Å². The molecule has 2 amide bonds. The van der Waals surface area contributed by atoms with Gasteiger partial charge in [0.1, 0.15) is 6.54 Å². The largest absolute Gasteiger partial charge is 0.372 e. The topological polar surface area (TPSA) is 93.5 Å². The summed E-state index contributed by atoms with van der Waals surface area (Å²) in [4.78, 5) is 43.7. The second kappa shape index (κ2) is 9.32. The summed E-state index contributed by atoms with van der Waals surface area (Å²) in [6.07, 6.45) is 1.42. The van der Waals surface area contributed by atoms with Crippen molar-refractivity contribution in [3.05, 3.63) is 76.3 Å². The van der Waals surface area contributed by atoms with Gasteiger partial charge in [-0.1, -0.05) is 24.3 Å². The highest BCUT2D eigenvalue weighted by Gasteiger charge is 2.26. The maximum atomic E-state index is 12.8. The summed E-state index contributed by atoms with van der Waals surface area (Å²) in [6, 6.07) is 14.2. The van der Waals surface area contributed by atoms with E-state index in [4.69, 9.17) is 4.74 Å². The normalized spacial score (nSPS) is 18.5. The number of morpholine rings is 1. The summed E-state index contributed by atoms with van der Waals surface area (Å²) in [5, 5.41) is 3.29. The third-order valence-corrected chi connectivity index (χ3v) is 5.44. The minimum atomic E-state index is -0.291. The van der Waals surface area contributed by atoms with Crippen LogP contribution < -0.4 is 10.9 Å². The summed E-state index contributed by atoms with van der Waals surface area (Å²) in [5.41, 5.74) is 1.82. The Bertz CT molecular complexity index is 1180. The highest BCUT2D eigenvalue weighted by Crippen LogP contribution is 2.15. The van der Waals surface area contributed by atoms with Crippen molar-refractivity contribution in [3.63, 3.8) is 0 Å². The van der Waals surface area contributed by atoms with Gasteiger partial charge in [0.05, 0.1) is 29.4 Å². The molecule has 32 heavy (non-hydrogen) atoms. The molecule has 8 heteroatoms. The van der Waals surface area contributed by atoms with Crippen molar-refractivity contribution in [2.24, 2.45) is 0 Å². The maximum absolute atomic E-state index is 12.8. The van der Waals surface area contributed by atoms with E-state index in [1.165, 1.54) is 10.9 Å². The van der Waals surface area contributed by atoms with Crippen molar-refractivity contribution in [2.75, 3.05) is 13.1 Å². The number of nitrogens with one attached hydrogen (secondary N) is 1. The molecule has 0 bridgehead atoms. The minimum absolute atomic E-state index is 0.0162. The number of aromatic nitrogens is 2. The van der Waals surface area contributed by atoms with Crippen LogP contribution in [-0.4, -0.2) is 51.6 Å². The Morgan fingerprint density at radius 2 is 1.75 bits per heavy atom. The number of amides is 2. The maximum Gasteiger partial charge on any atom is 0.261 e. The highest BCUT2D eigenvalue weighted by molar-refractivity contribution is 5.94. The van der Waals surface area contributed by atoms with Gasteiger partial charge in [0.2, 0.25) is 5.91 Å². The fraction of sp³-hybridized carbons (Fsp3) is 0.333. The zero-order chi connectivity index (χ0) is 22.7. The van der Waals surface area contributed by atoms with Gasteiger partial charge in [-0.3, -0.25) is 19.0 Å². The van der Waals surface area contributed by atoms with E-state index in [-0.39, 0.29) is 36.1 Å². The number of hydrogen-bond acceptors (Lipinski definition) is 5. The lowest BCUT2D eigenvalue weighted by Gasteiger charge is -2.35. The molecule has 0 radical (unpaired) electrons. The van der Waals surface area contributed by atoms with Crippen LogP contribution in [0.15, 0.2) is 59.7 Å². The molecule has 8 nitrogen and oxygen atoms in total. The summed E-state index contributed by atoms with van der Waals surface area (Å²) in [7, 11) is 0. The number of fused-ring (bicyclic) bond motifs is 1. The molecule has 1 aliphatic heterocycles. The first-order valence-corrected chi connectivity index (χ1v) is 10.7. The van der Waals surface area contributed by atoms with Crippen LogP contribution in [-0.2, 0) is 22.6 Å². The molecule has 166 valence electrons. The van der Waals surface area contributed by atoms with E-state index >= 15 is 0 Å². The number of nitrogens with zero attached hydrogens (tertiary/aromatic N) is 3. The lowest BCUT2D eigenvalue weighted by molar-refractivity contribution is -0.121. The van der Waals surface area contributed by atoms with Crippen LogP contribution in [0.3, 0.4) is 0 Å². The Kier molecular flexibility index (Phi) is 6.32. The molecule has 3 aromatic rings. The molecule has 2 aromatic carbocycles. The van der Waals surface area contributed by atoms with E-state index in [1.54, 1.807) is 30.3 Å². The Labute approximate surface area is 185 Å². The number of hydrogen-bond donors (Lipinski definition) is 1. The summed E-state index contributed by atoms with van der Waals surface area (Å²) in [5.74, 6) is -0.314. The Morgan fingerprint density at radius 3 is 2.47 bits per heavy atom. The van der Waals surface area contributed by atoms with Crippen molar-refractivity contribution in [1.82, 2.24) is 19.8 Å². The molecule has 0 spiro atoms. The monoisotopic (exact) mass is 434 g/mol. The van der Waals surface area contributed by atoms with Gasteiger partial charge in [-0.25, -0.2) is 4.98 Å². The Balaban J connectivity index is 1.34. The van der Waals surface area contributed by atoms with Crippen molar-refractivity contribution >= 4 is 22.7 Å². The summed E-state index contributed by atoms with van der Waals surface area (Å²) in [6.45, 7) is 5.26. The molecule has 0 saturated carbocycles. The number of para-hydroxylation sites is 1. The second-order valence-corrected chi connectivity index (χ2v) is 8.14. The molecule has 1 aromatic heterocycles. The third kappa shape index (κ3) is 4.86. The highest BCUT2D eigenvalue weighted by atomic mass is 16.5. The first kappa shape index (κ1) is 21.7. The number of benzene rings is 2. The predicted octanol–water partition coefficient (Wildman–Crippen LogP) is 1.96. The minimum Gasteiger partial charge on any atom is -0.372 e. The molecule has 1 aliphatic rings. The van der Waals surface area contributed by atoms with E-state index in [9.17, 15) is 14.4 Å². The Hall–Kier alpha value is -3.52. The first-order chi connectivity index (χ1) is 15.4. The van der Waals surface area contributed by atoms with Gasteiger partial charge in [-0.15, -0.1) is 0 Å². The van der Waals surface area contributed by atoms with Gasteiger partial charge in [0.25, 0.3) is 11.5 Å². The average Bonchev–Trinajstić information content (AvgIpc) is 2.79.